The predicted molar refractivity (Wildman–Crippen MR) is 71.3 cm³/mol. The Morgan fingerprint density at radius 3 is 3.00 bits per heavy atom. The van der Waals surface area contributed by atoms with Crippen molar-refractivity contribution >= 4 is 17.4 Å². The van der Waals surface area contributed by atoms with Gasteiger partial charge in [0.2, 0.25) is 0 Å². The first-order chi connectivity index (χ1) is 9.19. The molecule has 0 aromatic carbocycles. The van der Waals surface area contributed by atoms with E-state index in [1.807, 2.05) is 0 Å². The van der Waals surface area contributed by atoms with Gasteiger partial charge in [0.05, 0.1) is 17.4 Å². The first-order valence-electron chi connectivity index (χ1n) is 5.73. The molecule has 6 heteroatoms. The lowest BCUT2D eigenvalue weighted by Gasteiger charge is -2.05. The van der Waals surface area contributed by atoms with Crippen LogP contribution in [-0.2, 0) is 0 Å². The molecular formula is C13H14N4O2. The van der Waals surface area contributed by atoms with Gasteiger partial charge in [0.1, 0.15) is 5.76 Å². The van der Waals surface area contributed by atoms with Crippen LogP contribution in [0.2, 0.25) is 0 Å². The molecule has 98 valence electrons. The van der Waals surface area contributed by atoms with E-state index in [9.17, 15) is 4.79 Å². The van der Waals surface area contributed by atoms with E-state index in [-0.39, 0.29) is 5.91 Å². The van der Waals surface area contributed by atoms with E-state index < -0.39 is 0 Å². The third-order valence-corrected chi connectivity index (χ3v) is 2.31. The molecule has 0 fully saturated rings. The van der Waals surface area contributed by atoms with Crippen molar-refractivity contribution < 1.29 is 9.32 Å². The van der Waals surface area contributed by atoms with Gasteiger partial charge in [-0.15, -0.1) is 6.58 Å². The highest BCUT2D eigenvalue weighted by Gasteiger charge is 2.07. The average Bonchev–Trinajstić information content (AvgIpc) is 2.81. The maximum absolute atomic E-state index is 11.8. The molecule has 0 bridgehead atoms. The van der Waals surface area contributed by atoms with Gasteiger partial charge in [-0.05, 0) is 13.0 Å². The van der Waals surface area contributed by atoms with Gasteiger partial charge in [0.15, 0.2) is 5.82 Å². The normalized spacial score (nSPS) is 9.95. The van der Waals surface area contributed by atoms with Crippen LogP contribution in [0.25, 0.3) is 0 Å². The van der Waals surface area contributed by atoms with Gasteiger partial charge in [-0.3, -0.25) is 9.78 Å². The van der Waals surface area contributed by atoms with E-state index in [1.165, 1.54) is 6.20 Å². The number of aryl methyl sites for hydroxylation is 1. The molecular weight excluding hydrogens is 244 g/mol. The highest BCUT2D eigenvalue weighted by atomic mass is 16.5. The topological polar surface area (TPSA) is 80.0 Å². The average molecular weight is 258 g/mol. The molecule has 0 aliphatic rings. The van der Waals surface area contributed by atoms with Crippen molar-refractivity contribution in [2.75, 3.05) is 11.9 Å². The summed E-state index contributed by atoms with van der Waals surface area (Å²) in [6.07, 6.45) is 4.72. The summed E-state index contributed by atoms with van der Waals surface area (Å²) >= 11 is 0. The fraction of sp³-hybridized carbons (Fsp3) is 0.154. The summed E-state index contributed by atoms with van der Waals surface area (Å²) < 4.78 is 4.94. The molecule has 0 radical (unpaired) electrons. The molecule has 6 nitrogen and oxygen atoms in total. The Morgan fingerprint density at radius 1 is 1.47 bits per heavy atom. The number of hydrogen-bond donors (Lipinski definition) is 2. The quantitative estimate of drug-likeness (QED) is 0.802. The molecule has 0 saturated carbocycles. The molecule has 2 N–H and O–H groups in total. The van der Waals surface area contributed by atoms with Gasteiger partial charge in [0, 0.05) is 18.8 Å². The van der Waals surface area contributed by atoms with Crippen LogP contribution >= 0.6 is 0 Å². The number of nitrogens with zero attached hydrogens (tertiary/aromatic N) is 2. The van der Waals surface area contributed by atoms with Crippen molar-refractivity contribution in [3.05, 3.63) is 48.5 Å². The molecule has 2 aromatic heterocycles. The van der Waals surface area contributed by atoms with Crippen molar-refractivity contribution in [3.63, 3.8) is 0 Å². The number of pyridine rings is 1. The second kappa shape index (κ2) is 5.81. The molecule has 0 saturated heterocycles. The summed E-state index contributed by atoms with van der Waals surface area (Å²) in [5, 5.41) is 9.50. The van der Waals surface area contributed by atoms with Gasteiger partial charge in [0.25, 0.3) is 5.91 Å². The zero-order valence-corrected chi connectivity index (χ0v) is 10.5. The maximum atomic E-state index is 11.8. The first kappa shape index (κ1) is 12.8. The Labute approximate surface area is 110 Å². The number of hydrogen-bond acceptors (Lipinski definition) is 5. The minimum atomic E-state index is -0.201. The SMILES string of the molecule is C=CCNC(=O)c1cncc(Nc2cc(C)on2)c1. The monoisotopic (exact) mass is 258 g/mol. The molecule has 0 spiro atoms. The van der Waals surface area contributed by atoms with Crippen LogP contribution in [0.5, 0.6) is 0 Å². The third kappa shape index (κ3) is 3.41. The van der Waals surface area contributed by atoms with Gasteiger partial charge >= 0.3 is 0 Å². The number of anilines is 2. The summed E-state index contributed by atoms with van der Waals surface area (Å²) in [6, 6.07) is 3.44. The van der Waals surface area contributed by atoms with Crippen molar-refractivity contribution in [2.24, 2.45) is 0 Å². The number of amides is 1. The van der Waals surface area contributed by atoms with E-state index in [0.717, 1.165) is 0 Å². The fourth-order valence-electron chi connectivity index (χ4n) is 1.47. The first-order valence-corrected chi connectivity index (χ1v) is 5.73. The Bertz CT molecular complexity index is 592. The van der Waals surface area contributed by atoms with Crippen LogP contribution in [0, 0.1) is 6.92 Å². The summed E-state index contributed by atoms with van der Waals surface area (Å²) in [5.74, 6) is 1.07. The molecule has 2 aromatic rings. The maximum Gasteiger partial charge on any atom is 0.253 e. The van der Waals surface area contributed by atoms with Crippen molar-refractivity contribution in [1.82, 2.24) is 15.5 Å². The zero-order chi connectivity index (χ0) is 13.7. The molecule has 0 unspecified atom stereocenters. The Morgan fingerprint density at radius 2 is 2.32 bits per heavy atom. The van der Waals surface area contributed by atoms with Gasteiger partial charge < -0.3 is 15.2 Å². The molecule has 0 atom stereocenters. The number of rotatable bonds is 5. The number of carbonyl (C=O) groups is 1. The van der Waals surface area contributed by atoms with Crippen molar-refractivity contribution in [3.8, 4) is 0 Å². The minimum absolute atomic E-state index is 0.201. The van der Waals surface area contributed by atoms with Crippen molar-refractivity contribution in [1.29, 1.82) is 0 Å². The smallest absolute Gasteiger partial charge is 0.253 e. The van der Waals surface area contributed by atoms with Crippen LogP contribution in [0.15, 0.2) is 41.7 Å². The van der Waals surface area contributed by atoms with Gasteiger partial charge in [-0.1, -0.05) is 11.2 Å². The molecule has 1 amide bonds. The number of carbonyl (C=O) groups excluding carboxylic acids is 1. The Hall–Kier alpha value is -2.63. The fourth-order valence-corrected chi connectivity index (χ4v) is 1.47. The third-order valence-electron chi connectivity index (χ3n) is 2.31. The van der Waals surface area contributed by atoms with E-state index in [1.54, 1.807) is 31.3 Å². The van der Waals surface area contributed by atoms with E-state index in [0.29, 0.717) is 29.4 Å². The number of aromatic nitrogens is 2. The predicted octanol–water partition coefficient (Wildman–Crippen LogP) is 2.04. The Kier molecular flexibility index (Phi) is 3.92. The van der Waals surface area contributed by atoms with Gasteiger partial charge in [-0.2, -0.15) is 0 Å². The molecule has 0 aliphatic heterocycles. The molecule has 0 aliphatic carbocycles. The second-order valence-electron chi connectivity index (χ2n) is 3.91. The lowest BCUT2D eigenvalue weighted by Crippen LogP contribution is -2.23. The number of nitrogens with one attached hydrogen (secondary N) is 2. The lowest BCUT2D eigenvalue weighted by atomic mass is 10.2. The van der Waals surface area contributed by atoms with E-state index in [4.69, 9.17) is 4.52 Å². The van der Waals surface area contributed by atoms with Crippen LogP contribution in [0.4, 0.5) is 11.5 Å². The summed E-state index contributed by atoms with van der Waals surface area (Å²) in [5.41, 5.74) is 1.13. The van der Waals surface area contributed by atoms with Crippen molar-refractivity contribution in [2.45, 2.75) is 6.92 Å². The van der Waals surface area contributed by atoms with Crippen LogP contribution in [-0.4, -0.2) is 22.6 Å². The molecule has 2 rings (SSSR count). The van der Waals surface area contributed by atoms with Gasteiger partial charge in [-0.25, -0.2) is 0 Å². The van der Waals surface area contributed by atoms with E-state index >= 15 is 0 Å². The van der Waals surface area contributed by atoms with E-state index in [2.05, 4.69) is 27.4 Å². The van der Waals surface area contributed by atoms with Crippen LogP contribution < -0.4 is 10.6 Å². The zero-order valence-electron chi connectivity index (χ0n) is 10.5. The van der Waals surface area contributed by atoms with Crippen LogP contribution in [0.3, 0.4) is 0 Å². The minimum Gasteiger partial charge on any atom is -0.360 e. The second-order valence-corrected chi connectivity index (χ2v) is 3.91. The van der Waals surface area contributed by atoms with Crippen LogP contribution in [0.1, 0.15) is 16.1 Å². The largest absolute Gasteiger partial charge is 0.360 e. The summed E-state index contributed by atoms with van der Waals surface area (Å²) in [4.78, 5) is 15.8. The highest BCUT2D eigenvalue weighted by molar-refractivity contribution is 5.94. The standard InChI is InChI=1S/C13H14N4O2/c1-3-4-15-13(18)10-6-11(8-14-7-10)16-12-5-9(2)19-17-12/h3,5-8H,1,4H2,2H3,(H,15,18)(H,16,17). The summed E-state index contributed by atoms with van der Waals surface area (Å²) in [6.45, 7) is 5.76. The molecule has 19 heavy (non-hydrogen) atoms. The molecule has 2 heterocycles. The summed E-state index contributed by atoms with van der Waals surface area (Å²) in [7, 11) is 0. The lowest BCUT2D eigenvalue weighted by molar-refractivity contribution is 0.0957. The Balaban J connectivity index is 2.10. The highest BCUT2D eigenvalue weighted by Crippen LogP contribution is 2.16.